The Balaban J connectivity index is 1.59. The number of morpholine rings is 1. The normalized spacial score (nSPS) is 22.8. The van der Waals surface area contributed by atoms with Crippen molar-refractivity contribution in [2.75, 3.05) is 44.7 Å². The standard InChI is InChI=1S/C15H21FN4O2/c16-13-10-17-4-3-14(13)18-15(21)20-5-1-2-12(20)11-19-6-8-22-9-7-19/h3-4,10,12H,1-2,5-9,11H2,(H,17,18,21). The molecule has 2 aliphatic heterocycles. The number of pyridine rings is 1. The summed E-state index contributed by atoms with van der Waals surface area (Å²) in [5, 5.41) is 2.65. The number of ether oxygens (including phenoxy) is 1. The number of anilines is 1. The fourth-order valence-electron chi connectivity index (χ4n) is 3.04. The third-order valence-electron chi connectivity index (χ3n) is 4.22. The van der Waals surface area contributed by atoms with Crippen molar-refractivity contribution in [3.05, 3.63) is 24.3 Å². The lowest BCUT2D eigenvalue weighted by Crippen LogP contribution is -2.47. The van der Waals surface area contributed by atoms with Gasteiger partial charge in [-0.1, -0.05) is 0 Å². The second-order valence-electron chi connectivity index (χ2n) is 5.69. The highest BCUT2D eigenvalue weighted by Crippen LogP contribution is 2.21. The van der Waals surface area contributed by atoms with Crippen LogP contribution in [-0.4, -0.2) is 66.2 Å². The number of carbonyl (C=O) groups excluding carboxylic acids is 1. The number of amides is 2. The first-order valence-electron chi connectivity index (χ1n) is 7.71. The lowest BCUT2D eigenvalue weighted by atomic mass is 10.2. The third-order valence-corrected chi connectivity index (χ3v) is 4.22. The SMILES string of the molecule is O=C(Nc1ccncc1F)N1CCCC1CN1CCOCC1. The molecule has 0 aromatic carbocycles. The van der Waals surface area contributed by atoms with Gasteiger partial charge in [0.15, 0.2) is 5.82 Å². The van der Waals surface area contributed by atoms with Gasteiger partial charge in [0.25, 0.3) is 0 Å². The Labute approximate surface area is 129 Å². The summed E-state index contributed by atoms with van der Waals surface area (Å²) in [6.45, 7) is 4.89. The minimum atomic E-state index is -0.514. The number of hydrogen-bond acceptors (Lipinski definition) is 4. The van der Waals surface area contributed by atoms with Crippen molar-refractivity contribution in [3.8, 4) is 0 Å². The number of nitrogens with one attached hydrogen (secondary N) is 1. The highest BCUT2D eigenvalue weighted by atomic mass is 19.1. The monoisotopic (exact) mass is 308 g/mol. The van der Waals surface area contributed by atoms with E-state index in [0.717, 1.165) is 51.9 Å². The molecule has 0 bridgehead atoms. The van der Waals surface area contributed by atoms with Crippen molar-refractivity contribution in [2.24, 2.45) is 0 Å². The van der Waals surface area contributed by atoms with Gasteiger partial charge in [0, 0.05) is 38.4 Å². The van der Waals surface area contributed by atoms with Crippen LogP contribution in [0.2, 0.25) is 0 Å². The molecule has 0 aliphatic carbocycles. The first-order valence-corrected chi connectivity index (χ1v) is 7.71. The molecule has 0 spiro atoms. The lowest BCUT2D eigenvalue weighted by Gasteiger charge is -2.32. The third kappa shape index (κ3) is 3.53. The molecule has 0 saturated carbocycles. The molecule has 1 aromatic heterocycles. The van der Waals surface area contributed by atoms with E-state index in [2.05, 4.69) is 15.2 Å². The first-order chi connectivity index (χ1) is 10.7. The Hall–Kier alpha value is -1.73. The van der Waals surface area contributed by atoms with Gasteiger partial charge in [0.2, 0.25) is 0 Å². The molecule has 2 amide bonds. The highest BCUT2D eigenvalue weighted by molar-refractivity contribution is 5.89. The van der Waals surface area contributed by atoms with E-state index in [9.17, 15) is 9.18 Å². The minimum absolute atomic E-state index is 0.178. The van der Waals surface area contributed by atoms with Crippen LogP contribution in [0.25, 0.3) is 0 Å². The Kier molecular flexibility index (Phi) is 4.84. The summed E-state index contributed by atoms with van der Waals surface area (Å²) in [7, 11) is 0. The quantitative estimate of drug-likeness (QED) is 0.920. The molecule has 22 heavy (non-hydrogen) atoms. The molecule has 2 fully saturated rings. The maximum absolute atomic E-state index is 13.6. The smallest absolute Gasteiger partial charge is 0.322 e. The number of carbonyl (C=O) groups is 1. The molecule has 1 unspecified atom stereocenters. The van der Waals surface area contributed by atoms with Gasteiger partial charge in [-0.3, -0.25) is 9.88 Å². The zero-order valence-electron chi connectivity index (χ0n) is 12.5. The van der Waals surface area contributed by atoms with E-state index in [-0.39, 0.29) is 17.8 Å². The molecule has 120 valence electrons. The van der Waals surface area contributed by atoms with Crippen LogP contribution in [0, 0.1) is 5.82 Å². The van der Waals surface area contributed by atoms with Gasteiger partial charge in [-0.2, -0.15) is 0 Å². The van der Waals surface area contributed by atoms with Gasteiger partial charge >= 0.3 is 6.03 Å². The van der Waals surface area contributed by atoms with Crippen LogP contribution in [-0.2, 0) is 4.74 Å². The van der Waals surface area contributed by atoms with E-state index in [1.807, 2.05) is 4.90 Å². The number of urea groups is 1. The topological polar surface area (TPSA) is 57.7 Å². The minimum Gasteiger partial charge on any atom is -0.379 e. The van der Waals surface area contributed by atoms with Gasteiger partial charge in [-0.05, 0) is 18.9 Å². The van der Waals surface area contributed by atoms with Crippen molar-refractivity contribution < 1.29 is 13.9 Å². The van der Waals surface area contributed by atoms with E-state index >= 15 is 0 Å². The van der Waals surface area contributed by atoms with Gasteiger partial charge in [-0.15, -0.1) is 0 Å². The Morgan fingerprint density at radius 3 is 3.00 bits per heavy atom. The van der Waals surface area contributed by atoms with Crippen LogP contribution in [0.1, 0.15) is 12.8 Å². The largest absolute Gasteiger partial charge is 0.379 e. The predicted molar refractivity (Wildman–Crippen MR) is 80.2 cm³/mol. The van der Waals surface area contributed by atoms with E-state index in [1.165, 1.54) is 12.3 Å². The molecule has 1 N–H and O–H groups in total. The van der Waals surface area contributed by atoms with Gasteiger partial charge in [0.05, 0.1) is 25.1 Å². The van der Waals surface area contributed by atoms with Crippen LogP contribution < -0.4 is 5.32 Å². The Morgan fingerprint density at radius 2 is 2.23 bits per heavy atom. The summed E-state index contributed by atoms with van der Waals surface area (Å²) in [5.74, 6) is -0.514. The van der Waals surface area contributed by atoms with Gasteiger partial charge in [0.1, 0.15) is 0 Å². The first kappa shape index (κ1) is 15.2. The number of likely N-dealkylation sites (tertiary alicyclic amines) is 1. The fourth-order valence-corrected chi connectivity index (χ4v) is 3.04. The maximum atomic E-state index is 13.6. The van der Waals surface area contributed by atoms with Crippen LogP contribution >= 0.6 is 0 Å². The number of rotatable bonds is 3. The molecule has 2 aliphatic rings. The number of nitrogens with zero attached hydrogens (tertiary/aromatic N) is 3. The fraction of sp³-hybridized carbons (Fsp3) is 0.600. The van der Waals surface area contributed by atoms with Crippen molar-refractivity contribution >= 4 is 11.7 Å². The molecule has 1 aromatic rings. The molecule has 0 radical (unpaired) electrons. The second-order valence-corrected chi connectivity index (χ2v) is 5.69. The molecule has 3 rings (SSSR count). The van der Waals surface area contributed by atoms with Gasteiger partial charge in [-0.25, -0.2) is 9.18 Å². The maximum Gasteiger partial charge on any atom is 0.322 e. The molecule has 1 atom stereocenters. The lowest BCUT2D eigenvalue weighted by molar-refractivity contribution is 0.0296. The van der Waals surface area contributed by atoms with Crippen molar-refractivity contribution in [1.29, 1.82) is 0 Å². The average molecular weight is 308 g/mol. The zero-order chi connectivity index (χ0) is 15.4. The van der Waals surface area contributed by atoms with Crippen molar-refractivity contribution in [3.63, 3.8) is 0 Å². The van der Waals surface area contributed by atoms with Crippen LogP contribution in [0.3, 0.4) is 0 Å². The van der Waals surface area contributed by atoms with E-state index in [1.54, 1.807) is 0 Å². The van der Waals surface area contributed by atoms with E-state index in [0.29, 0.717) is 6.54 Å². The van der Waals surface area contributed by atoms with Crippen LogP contribution in [0.15, 0.2) is 18.5 Å². The molecule has 6 nitrogen and oxygen atoms in total. The summed E-state index contributed by atoms with van der Waals surface area (Å²) in [5.41, 5.74) is 0.178. The Bertz CT molecular complexity index is 522. The Morgan fingerprint density at radius 1 is 1.41 bits per heavy atom. The molecular formula is C15H21FN4O2. The van der Waals surface area contributed by atoms with Crippen molar-refractivity contribution in [2.45, 2.75) is 18.9 Å². The summed E-state index contributed by atoms with van der Waals surface area (Å²) >= 11 is 0. The molecule has 3 heterocycles. The molecule has 2 saturated heterocycles. The van der Waals surface area contributed by atoms with Crippen LogP contribution in [0.5, 0.6) is 0 Å². The second kappa shape index (κ2) is 7.02. The zero-order valence-corrected chi connectivity index (χ0v) is 12.5. The summed E-state index contributed by atoms with van der Waals surface area (Å²) < 4.78 is 18.9. The summed E-state index contributed by atoms with van der Waals surface area (Å²) in [4.78, 5) is 20.2. The average Bonchev–Trinajstić information content (AvgIpc) is 2.99. The molecular weight excluding hydrogens is 287 g/mol. The van der Waals surface area contributed by atoms with Crippen molar-refractivity contribution in [1.82, 2.24) is 14.8 Å². The van der Waals surface area contributed by atoms with Crippen LogP contribution in [0.4, 0.5) is 14.9 Å². The number of aromatic nitrogens is 1. The summed E-state index contributed by atoms with van der Waals surface area (Å²) in [6, 6.07) is 1.42. The molecule has 7 heteroatoms. The number of halogens is 1. The van der Waals surface area contributed by atoms with E-state index in [4.69, 9.17) is 4.74 Å². The summed E-state index contributed by atoms with van der Waals surface area (Å²) in [6.07, 6.45) is 4.55. The predicted octanol–water partition coefficient (Wildman–Crippen LogP) is 1.55. The van der Waals surface area contributed by atoms with E-state index < -0.39 is 5.82 Å². The van der Waals surface area contributed by atoms with Gasteiger partial charge < -0.3 is 15.0 Å². The highest BCUT2D eigenvalue weighted by Gasteiger charge is 2.30. The number of hydrogen-bond donors (Lipinski definition) is 1.